The largest absolute Gasteiger partial charge is 0.480 e. The fourth-order valence-corrected chi connectivity index (χ4v) is 4.22. The molecule has 4 rings (SSSR count). The second kappa shape index (κ2) is 7.23. The zero-order chi connectivity index (χ0) is 21.6. The summed E-state index contributed by atoms with van der Waals surface area (Å²) in [5, 5.41) is 9.59. The molecule has 9 heteroatoms. The number of hydrogen-bond acceptors (Lipinski definition) is 4. The second-order valence-electron chi connectivity index (χ2n) is 7.48. The molecule has 1 saturated heterocycles. The third kappa shape index (κ3) is 3.44. The van der Waals surface area contributed by atoms with Crippen molar-refractivity contribution in [1.29, 1.82) is 0 Å². The first kappa shape index (κ1) is 20.1. The van der Waals surface area contributed by atoms with E-state index in [2.05, 4.69) is 0 Å². The number of piperazine rings is 1. The fourth-order valence-electron chi connectivity index (χ4n) is 4.22. The minimum absolute atomic E-state index is 0.150. The van der Waals surface area contributed by atoms with Crippen LogP contribution in [0.15, 0.2) is 48.5 Å². The molecule has 0 radical (unpaired) electrons. The van der Waals surface area contributed by atoms with Gasteiger partial charge in [0.05, 0.1) is 23.0 Å². The zero-order valence-electron chi connectivity index (χ0n) is 16.1. The number of carbonyl (C=O) groups is 2. The van der Waals surface area contributed by atoms with Gasteiger partial charge in [-0.3, -0.25) is 4.79 Å². The first-order valence-electron chi connectivity index (χ1n) is 9.47. The highest BCUT2D eigenvalue weighted by molar-refractivity contribution is 5.86. The summed E-state index contributed by atoms with van der Waals surface area (Å²) in [4.78, 5) is 29.0. The topological polar surface area (TPSA) is 64.1 Å². The van der Waals surface area contributed by atoms with Gasteiger partial charge in [0.1, 0.15) is 6.04 Å². The molecule has 2 aliphatic rings. The number of aliphatic carboxylic acids is 1. The van der Waals surface area contributed by atoms with Crippen molar-refractivity contribution in [3.8, 4) is 0 Å². The van der Waals surface area contributed by atoms with E-state index in [9.17, 15) is 27.9 Å². The number of alkyl halides is 3. The standard InChI is InChI=1S/C21H20F3N3O3/c1-13(28)25-10-16-11-26(15-8-6-14(7-9-15)21(22,23)24)17-4-2-3-5-18(17)27(16)12-19(25)20(29)30/h2-9,16,19H,10-12H2,1H3,(H,29,30). The lowest BCUT2D eigenvalue weighted by Crippen LogP contribution is -2.65. The highest BCUT2D eigenvalue weighted by Gasteiger charge is 2.43. The van der Waals surface area contributed by atoms with Crippen LogP contribution in [-0.4, -0.2) is 53.6 Å². The van der Waals surface area contributed by atoms with Crippen LogP contribution in [0.1, 0.15) is 12.5 Å². The number of carboxylic acids is 1. The predicted octanol–water partition coefficient (Wildman–Crippen LogP) is 3.35. The number of amides is 1. The van der Waals surface area contributed by atoms with E-state index in [4.69, 9.17) is 0 Å². The third-order valence-electron chi connectivity index (χ3n) is 5.67. The average Bonchev–Trinajstić information content (AvgIpc) is 2.71. The fraction of sp³-hybridized carbons (Fsp3) is 0.333. The van der Waals surface area contributed by atoms with Crippen molar-refractivity contribution in [3.05, 3.63) is 54.1 Å². The first-order chi connectivity index (χ1) is 14.2. The Morgan fingerprint density at radius 2 is 1.60 bits per heavy atom. The van der Waals surface area contributed by atoms with Gasteiger partial charge in [-0.05, 0) is 36.4 Å². The Kier molecular flexibility index (Phi) is 4.83. The highest BCUT2D eigenvalue weighted by atomic mass is 19.4. The van der Waals surface area contributed by atoms with Crippen LogP contribution in [0.5, 0.6) is 0 Å². The van der Waals surface area contributed by atoms with Crippen LogP contribution in [0.25, 0.3) is 0 Å². The number of carbonyl (C=O) groups excluding carboxylic acids is 1. The van der Waals surface area contributed by atoms with Crippen LogP contribution in [0.2, 0.25) is 0 Å². The predicted molar refractivity (Wildman–Crippen MR) is 105 cm³/mol. The summed E-state index contributed by atoms with van der Waals surface area (Å²) in [6.07, 6.45) is -4.41. The Morgan fingerprint density at radius 3 is 2.17 bits per heavy atom. The van der Waals surface area contributed by atoms with Crippen LogP contribution in [0, 0.1) is 0 Å². The van der Waals surface area contributed by atoms with E-state index in [1.54, 1.807) is 0 Å². The quantitative estimate of drug-likeness (QED) is 0.809. The van der Waals surface area contributed by atoms with Gasteiger partial charge < -0.3 is 19.8 Å². The van der Waals surface area contributed by atoms with Crippen molar-refractivity contribution in [2.45, 2.75) is 25.2 Å². The molecule has 0 saturated carbocycles. The van der Waals surface area contributed by atoms with Crippen LogP contribution >= 0.6 is 0 Å². The van der Waals surface area contributed by atoms with Crippen molar-refractivity contribution < 1.29 is 27.9 Å². The van der Waals surface area contributed by atoms with E-state index in [0.29, 0.717) is 12.2 Å². The van der Waals surface area contributed by atoms with Gasteiger partial charge in [-0.15, -0.1) is 0 Å². The Bertz CT molecular complexity index is 977. The van der Waals surface area contributed by atoms with Crippen LogP contribution in [0.3, 0.4) is 0 Å². The van der Waals surface area contributed by atoms with E-state index in [0.717, 1.165) is 23.5 Å². The number of anilines is 3. The molecule has 2 heterocycles. The minimum atomic E-state index is -4.41. The summed E-state index contributed by atoms with van der Waals surface area (Å²) >= 11 is 0. The van der Waals surface area contributed by atoms with Crippen molar-refractivity contribution in [2.24, 2.45) is 0 Å². The van der Waals surface area contributed by atoms with Gasteiger partial charge in [-0.25, -0.2) is 4.79 Å². The van der Waals surface area contributed by atoms with Gasteiger partial charge in [0, 0.05) is 32.2 Å². The van der Waals surface area contributed by atoms with Gasteiger partial charge in [0.15, 0.2) is 0 Å². The summed E-state index contributed by atoms with van der Waals surface area (Å²) < 4.78 is 38.8. The molecule has 0 aromatic heterocycles. The molecule has 0 bridgehead atoms. The van der Waals surface area contributed by atoms with Crippen molar-refractivity contribution in [2.75, 3.05) is 29.4 Å². The van der Waals surface area contributed by atoms with E-state index in [1.165, 1.54) is 24.0 Å². The molecule has 1 fully saturated rings. The smallest absolute Gasteiger partial charge is 0.416 e. The van der Waals surface area contributed by atoms with E-state index >= 15 is 0 Å². The maximum atomic E-state index is 12.9. The van der Waals surface area contributed by atoms with E-state index in [-0.39, 0.29) is 25.0 Å². The van der Waals surface area contributed by atoms with Gasteiger partial charge in [-0.1, -0.05) is 12.1 Å². The molecule has 1 amide bonds. The summed E-state index contributed by atoms with van der Waals surface area (Å²) in [5.74, 6) is -1.38. The van der Waals surface area contributed by atoms with E-state index in [1.807, 2.05) is 34.1 Å². The van der Waals surface area contributed by atoms with Crippen molar-refractivity contribution >= 4 is 28.9 Å². The number of carboxylic acid groups (broad SMARTS) is 1. The molecule has 158 valence electrons. The summed E-state index contributed by atoms with van der Waals surface area (Å²) in [7, 11) is 0. The number of fused-ring (bicyclic) bond motifs is 3. The lowest BCUT2D eigenvalue weighted by atomic mass is 9.99. The lowest BCUT2D eigenvalue weighted by Gasteiger charge is -2.51. The van der Waals surface area contributed by atoms with Crippen LogP contribution in [-0.2, 0) is 15.8 Å². The summed E-state index contributed by atoms with van der Waals surface area (Å²) in [5.41, 5.74) is 1.46. The molecule has 2 atom stereocenters. The number of nitrogens with zero attached hydrogens (tertiary/aromatic N) is 3. The SMILES string of the molecule is CC(=O)N1CC2CN(c3ccc(C(F)(F)F)cc3)c3ccccc3N2CC1C(=O)O. The molecule has 0 spiro atoms. The molecular weight excluding hydrogens is 399 g/mol. The maximum Gasteiger partial charge on any atom is 0.416 e. The Balaban J connectivity index is 1.72. The summed E-state index contributed by atoms with van der Waals surface area (Å²) in [6, 6.07) is 11.2. The normalized spacial score (nSPS) is 21.1. The number of benzene rings is 2. The molecule has 6 nitrogen and oxygen atoms in total. The first-order valence-corrected chi connectivity index (χ1v) is 9.47. The van der Waals surface area contributed by atoms with Crippen molar-refractivity contribution in [1.82, 2.24) is 4.90 Å². The Hall–Kier alpha value is -3.23. The monoisotopic (exact) mass is 419 g/mol. The van der Waals surface area contributed by atoms with Gasteiger partial charge in [-0.2, -0.15) is 13.2 Å². The molecule has 2 aromatic carbocycles. The van der Waals surface area contributed by atoms with Gasteiger partial charge >= 0.3 is 12.1 Å². The number of para-hydroxylation sites is 2. The number of halogens is 3. The molecule has 2 aromatic rings. The maximum absolute atomic E-state index is 12.9. The molecule has 2 aliphatic heterocycles. The van der Waals surface area contributed by atoms with Crippen LogP contribution < -0.4 is 9.80 Å². The van der Waals surface area contributed by atoms with Gasteiger partial charge in [0.25, 0.3) is 0 Å². The minimum Gasteiger partial charge on any atom is -0.480 e. The Labute approximate surface area is 171 Å². The second-order valence-corrected chi connectivity index (χ2v) is 7.48. The summed E-state index contributed by atoms with van der Waals surface area (Å²) in [6.45, 7) is 2.13. The van der Waals surface area contributed by atoms with Crippen LogP contribution in [0.4, 0.5) is 30.2 Å². The third-order valence-corrected chi connectivity index (χ3v) is 5.67. The molecule has 30 heavy (non-hydrogen) atoms. The lowest BCUT2D eigenvalue weighted by molar-refractivity contribution is -0.150. The number of hydrogen-bond donors (Lipinski definition) is 1. The molecular formula is C21H20F3N3O3. The zero-order valence-corrected chi connectivity index (χ0v) is 16.1. The Morgan fingerprint density at radius 1 is 0.967 bits per heavy atom. The number of rotatable bonds is 2. The average molecular weight is 419 g/mol. The van der Waals surface area contributed by atoms with Crippen molar-refractivity contribution in [3.63, 3.8) is 0 Å². The van der Waals surface area contributed by atoms with E-state index < -0.39 is 23.8 Å². The highest BCUT2D eigenvalue weighted by Crippen LogP contribution is 2.42. The molecule has 1 N–H and O–H groups in total. The molecule has 0 aliphatic carbocycles. The van der Waals surface area contributed by atoms with Gasteiger partial charge in [0.2, 0.25) is 5.91 Å². The molecule has 2 unspecified atom stereocenters.